The van der Waals surface area contributed by atoms with Crippen molar-refractivity contribution in [2.24, 2.45) is 0 Å². The van der Waals surface area contributed by atoms with Crippen LogP contribution in [0.5, 0.6) is 0 Å². The molecule has 5 rings (SSSR count). The third-order valence-electron chi connectivity index (χ3n) is 7.24. The minimum absolute atomic E-state index is 0.707. The summed E-state index contributed by atoms with van der Waals surface area (Å²) in [4.78, 5) is 10.1. The van der Waals surface area contributed by atoms with Crippen LogP contribution in [0.3, 0.4) is 0 Å². The molecule has 32 heavy (non-hydrogen) atoms. The van der Waals surface area contributed by atoms with Crippen molar-refractivity contribution in [3.8, 4) is 0 Å². The van der Waals surface area contributed by atoms with Gasteiger partial charge in [-0.2, -0.15) is 0 Å². The highest BCUT2D eigenvalue weighted by atomic mass is 32.2. The maximum Gasteiger partial charge on any atom is 0.0642 e. The molecule has 5 nitrogen and oxygen atoms in total. The first-order valence-electron chi connectivity index (χ1n) is 12.0. The molecule has 0 bridgehead atoms. The normalized spacial score (nSPS) is 19.0. The first-order valence-corrected chi connectivity index (χ1v) is 12.9. The number of nitrogens with zero attached hydrogens (tertiary/aromatic N) is 3. The SMILES string of the molecule is CCc1cc(N2CCOCC2)cc2c1Nc1c(C)cc(N3CCC(N(C)C)CC3)cc1S2. The smallest absolute Gasteiger partial charge is 0.0642 e. The van der Waals surface area contributed by atoms with Crippen molar-refractivity contribution in [3.63, 3.8) is 0 Å². The van der Waals surface area contributed by atoms with Crippen LogP contribution in [-0.2, 0) is 11.2 Å². The van der Waals surface area contributed by atoms with E-state index in [1.807, 2.05) is 11.8 Å². The van der Waals surface area contributed by atoms with Gasteiger partial charge in [0.25, 0.3) is 0 Å². The van der Waals surface area contributed by atoms with Gasteiger partial charge in [0.15, 0.2) is 0 Å². The number of aryl methyl sites for hydroxylation is 2. The van der Waals surface area contributed by atoms with Crippen molar-refractivity contribution in [1.82, 2.24) is 4.90 Å². The third kappa shape index (κ3) is 4.20. The molecule has 2 fully saturated rings. The largest absolute Gasteiger partial charge is 0.378 e. The Morgan fingerprint density at radius 1 is 0.938 bits per heavy atom. The predicted molar refractivity (Wildman–Crippen MR) is 136 cm³/mol. The number of anilines is 4. The Balaban J connectivity index is 1.43. The monoisotopic (exact) mass is 452 g/mol. The van der Waals surface area contributed by atoms with Gasteiger partial charge in [0.1, 0.15) is 0 Å². The van der Waals surface area contributed by atoms with Crippen LogP contribution in [0.1, 0.15) is 30.9 Å². The molecule has 0 radical (unpaired) electrons. The lowest BCUT2D eigenvalue weighted by Gasteiger charge is -2.37. The van der Waals surface area contributed by atoms with Crippen LogP contribution in [-0.4, -0.2) is 64.4 Å². The number of benzene rings is 2. The molecule has 6 heteroatoms. The summed E-state index contributed by atoms with van der Waals surface area (Å²) in [6.45, 7) is 10.4. The molecule has 2 saturated heterocycles. The van der Waals surface area contributed by atoms with Gasteiger partial charge >= 0.3 is 0 Å². The van der Waals surface area contributed by atoms with Gasteiger partial charge in [0.2, 0.25) is 0 Å². The fourth-order valence-corrected chi connectivity index (χ4v) is 6.40. The Labute approximate surface area is 197 Å². The second kappa shape index (κ2) is 9.16. The van der Waals surface area contributed by atoms with E-state index in [0.29, 0.717) is 6.04 Å². The van der Waals surface area contributed by atoms with E-state index in [2.05, 4.69) is 72.2 Å². The van der Waals surface area contributed by atoms with E-state index in [4.69, 9.17) is 4.74 Å². The van der Waals surface area contributed by atoms with Crippen LogP contribution in [0.15, 0.2) is 34.1 Å². The quantitative estimate of drug-likeness (QED) is 0.590. The minimum atomic E-state index is 0.707. The van der Waals surface area contributed by atoms with Gasteiger partial charge in [-0.05, 0) is 75.7 Å². The molecule has 172 valence electrons. The molecular formula is C26H36N4OS. The lowest BCUT2D eigenvalue weighted by molar-refractivity contribution is 0.122. The average molecular weight is 453 g/mol. The molecule has 3 aliphatic rings. The van der Waals surface area contributed by atoms with Crippen LogP contribution >= 0.6 is 11.8 Å². The molecule has 0 aromatic heterocycles. The first kappa shape index (κ1) is 21.9. The summed E-state index contributed by atoms with van der Waals surface area (Å²) in [5, 5.41) is 3.82. The third-order valence-corrected chi connectivity index (χ3v) is 8.32. The van der Waals surface area contributed by atoms with Gasteiger partial charge in [-0.3, -0.25) is 0 Å². The Kier molecular flexibility index (Phi) is 6.28. The molecule has 0 amide bonds. The molecular weight excluding hydrogens is 416 g/mol. The standard InChI is InChI=1S/C26H36N4OS/c1-5-19-15-22(30-10-12-31-13-11-30)17-24-26(19)27-25-18(2)14-21(16-23(25)32-24)29-8-6-20(7-9-29)28(3)4/h14-17,20,27H,5-13H2,1-4H3. The lowest BCUT2D eigenvalue weighted by atomic mass is 10.0. The summed E-state index contributed by atoms with van der Waals surface area (Å²) < 4.78 is 5.57. The van der Waals surface area contributed by atoms with Crippen LogP contribution in [0.25, 0.3) is 0 Å². The zero-order valence-electron chi connectivity index (χ0n) is 19.9. The topological polar surface area (TPSA) is 31.0 Å². The highest BCUT2D eigenvalue weighted by Gasteiger charge is 2.26. The van der Waals surface area contributed by atoms with Crippen molar-refractivity contribution >= 4 is 34.5 Å². The number of nitrogens with one attached hydrogen (secondary N) is 1. The fourth-order valence-electron chi connectivity index (χ4n) is 5.21. The fraction of sp³-hybridized carbons (Fsp3) is 0.538. The first-order chi connectivity index (χ1) is 15.5. The van der Waals surface area contributed by atoms with Gasteiger partial charge in [0, 0.05) is 53.4 Å². The second-order valence-corrected chi connectivity index (χ2v) is 10.6. The summed E-state index contributed by atoms with van der Waals surface area (Å²) >= 11 is 1.93. The highest BCUT2D eigenvalue weighted by Crippen LogP contribution is 2.49. The van der Waals surface area contributed by atoms with Crippen LogP contribution < -0.4 is 15.1 Å². The zero-order valence-corrected chi connectivity index (χ0v) is 20.7. The summed E-state index contributed by atoms with van der Waals surface area (Å²) in [6.07, 6.45) is 3.50. The number of ether oxygens (including phenoxy) is 1. The summed E-state index contributed by atoms with van der Waals surface area (Å²) in [5.74, 6) is 0. The molecule has 3 heterocycles. The molecule has 0 atom stereocenters. The van der Waals surface area contributed by atoms with E-state index in [-0.39, 0.29) is 0 Å². The molecule has 2 aromatic carbocycles. The van der Waals surface area contributed by atoms with Crippen molar-refractivity contribution in [3.05, 3.63) is 35.4 Å². The maximum atomic E-state index is 5.57. The van der Waals surface area contributed by atoms with Gasteiger partial charge < -0.3 is 24.8 Å². The number of piperidine rings is 1. The number of rotatable bonds is 4. The lowest BCUT2D eigenvalue weighted by Crippen LogP contribution is -2.42. The molecule has 3 aliphatic heterocycles. The number of morpholine rings is 1. The van der Waals surface area contributed by atoms with Crippen molar-refractivity contribution < 1.29 is 4.74 Å². The molecule has 2 aromatic rings. The zero-order chi connectivity index (χ0) is 22.2. The van der Waals surface area contributed by atoms with E-state index < -0.39 is 0 Å². The summed E-state index contributed by atoms with van der Waals surface area (Å²) in [7, 11) is 4.41. The van der Waals surface area contributed by atoms with Gasteiger partial charge in [-0.1, -0.05) is 18.7 Å². The van der Waals surface area contributed by atoms with Gasteiger partial charge in [0.05, 0.1) is 24.6 Å². The Morgan fingerprint density at radius 2 is 1.56 bits per heavy atom. The predicted octanol–water partition coefficient (Wildman–Crippen LogP) is 5.13. The number of fused-ring (bicyclic) bond motifs is 2. The van der Waals surface area contributed by atoms with Crippen molar-refractivity contribution in [2.45, 2.75) is 48.9 Å². The Hall–Kier alpha value is -1.89. The van der Waals surface area contributed by atoms with E-state index in [9.17, 15) is 0 Å². The van der Waals surface area contributed by atoms with Crippen LogP contribution in [0, 0.1) is 6.92 Å². The number of hydrogen-bond donors (Lipinski definition) is 1. The Morgan fingerprint density at radius 3 is 2.22 bits per heavy atom. The van der Waals surface area contributed by atoms with Crippen LogP contribution in [0.2, 0.25) is 0 Å². The average Bonchev–Trinajstić information content (AvgIpc) is 2.82. The van der Waals surface area contributed by atoms with Gasteiger partial charge in [-0.25, -0.2) is 0 Å². The van der Waals surface area contributed by atoms with Crippen LogP contribution in [0.4, 0.5) is 22.7 Å². The second-order valence-electron chi connectivity index (χ2n) is 9.48. The van der Waals surface area contributed by atoms with Crippen molar-refractivity contribution in [1.29, 1.82) is 0 Å². The Bertz CT molecular complexity index is 978. The van der Waals surface area contributed by atoms with Gasteiger partial charge in [-0.15, -0.1) is 0 Å². The maximum absolute atomic E-state index is 5.57. The molecule has 0 unspecified atom stereocenters. The minimum Gasteiger partial charge on any atom is -0.378 e. The molecule has 0 spiro atoms. The van der Waals surface area contributed by atoms with E-state index in [1.165, 1.54) is 56.5 Å². The van der Waals surface area contributed by atoms with Crippen molar-refractivity contribution in [2.75, 3.05) is 68.6 Å². The van der Waals surface area contributed by atoms with E-state index in [0.717, 1.165) is 45.8 Å². The number of hydrogen-bond acceptors (Lipinski definition) is 6. The molecule has 0 saturated carbocycles. The van der Waals surface area contributed by atoms with E-state index >= 15 is 0 Å². The highest BCUT2D eigenvalue weighted by molar-refractivity contribution is 7.99. The summed E-state index contributed by atoms with van der Waals surface area (Å²) in [6, 6.07) is 10.2. The van der Waals surface area contributed by atoms with E-state index in [1.54, 1.807) is 0 Å². The molecule has 1 N–H and O–H groups in total. The summed E-state index contributed by atoms with van der Waals surface area (Å²) in [5.41, 5.74) is 8.02. The molecule has 0 aliphatic carbocycles.